The van der Waals surface area contributed by atoms with E-state index < -0.39 is 57.4 Å². The summed E-state index contributed by atoms with van der Waals surface area (Å²) in [5.74, 6) is 0.580. The number of nitrogens with zero attached hydrogens (tertiary/aromatic N) is 1. The molecule has 0 radical (unpaired) electrons. The number of furan rings is 1. The first-order valence-corrected chi connectivity index (χ1v) is 26.1. The van der Waals surface area contributed by atoms with Gasteiger partial charge in [-0.15, -0.1) is 0 Å². The van der Waals surface area contributed by atoms with Crippen LogP contribution >= 0.6 is 7.82 Å². The molecule has 64 heavy (non-hydrogen) atoms. The van der Waals surface area contributed by atoms with Crippen LogP contribution in [0.15, 0.2) is 28.7 Å². The molecule has 0 saturated heterocycles. The number of aryl methyl sites for hydroxylation is 2. The summed E-state index contributed by atoms with van der Waals surface area (Å²) >= 11 is 0. The van der Waals surface area contributed by atoms with Crippen molar-refractivity contribution in [3.8, 4) is 0 Å². The summed E-state index contributed by atoms with van der Waals surface area (Å²) in [5, 5.41) is 31.4. The Kier molecular flexibility index (Phi) is 29.2. The number of hydrogen-bond acceptors (Lipinski definition) is 12. The number of phosphoric acid groups is 1. The fraction of sp³-hybridized carbons (Fsp3) is 0.800. The molecule has 1 aromatic heterocycles. The first-order chi connectivity index (χ1) is 30.5. The van der Waals surface area contributed by atoms with Crippen LogP contribution in [0.3, 0.4) is 0 Å². The molecule has 1 unspecified atom stereocenters. The summed E-state index contributed by atoms with van der Waals surface area (Å²) < 4.78 is 40.2. The largest absolute Gasteiger partial charge is 0.756 e. The van der Waals surface area contributed by atoms with Crippen LogP contribution in [0.25, 0.3) is 0 Å². The highest BCUT2D eigenvalue weighted by Gasteiger charge is 2.39. The predicted molar refractivity (Wildman–Crippen MR) is 250 cm³/mol. The lowest BCUT2D eigenvalue weighted by molar-refractivity contribution is -0.870. The maximum atomic E-state index is 12.8. The molecule has 0 bridgehead atoms. The zero-order valence-corrected chi connectivity index (χ0v) is 41.7. The number of carbonyl (C=O) groups is 2. The van der Waals surface area contributed by atoms with E-state index in [9.17, 15) is 34.4 Å². The normalized spacial score (nSPS) is 20.0. The fourth-order valence-corrected chi connectivity index (χ4v) is 8.77. The lowest BCUT2D eigenvalue weighted by atomic mass is 9.89. The van der Waals surface area contributed by atoms with Crippen LogP contribution < -0.4 is 4.89 Å². The Balaban J connectivity index is 1.74. The molecule has 0 aromatic carbocycles. The van der Waals surface area contributed by atoms with Crippen molar-refractivity contribution >= 4 is 19.8 Å². The Hall–Kier alpha value is -2.35. The minimum atomic E-state index is -4.72. The number of ether oxygens (including phenoxy) is 2. The van der Waals surface area contributed by atoms with Crippen LogP contribution in [0.4, 0.5) is 0 Å². The molecule has 14 heteroatoms. The Labute approximate surface area is 386 Å². The third kappa shape index (κ3) is 25.5. The van der Waals surface area contributed by atoms with Gasteiger partial charge in [0.2, 0.25) is 0 Å². The predicted octanol–water partition coefficient (Wildman–Crippen LogP) is 9.32. The maximum absolute atomic E-state index is 12.8. The van der Waals surface area contributed by atoms with E-state index in [1.54, 1.807) is 24.3 Å². The van der Waals surface area contributed by atoms with Gasteiger partial charge in [-0.05, 0) is 63.0 Å². The molecule has 1 aliphatic carbocycles. The molecule has 0 aliphatic heterocycles. The summed E-state index contributed by atoms with van der Waals surface area (Å²) in [7, 11) is 0.979. The van der Waals surface area contributed by atoms with Gasteiger partial charge >= 0.3 is 11.9 Å². The standard InChI is InChI=1S/C50H88NO12P/c1-8-10-20-26-41(52)32-33-44-43(45(53)36-46(44)54)27-24-25-30-49(55)59-37-42(38-61-64(57,58)60-35-34-51(5,6)7)62-50(56)31-23-19-17-15-13-12-14-16-18-22-29-48-40(4)39(3)47(63-48)28-21-11-9-2/h24-25,32-33,41-46,52-54H,8-23,26-31,34-38H2,1-7H3/b25-24-,33-32+/t41-,42-,43+,44-,45+,46-/m1/s1. The Morgan fingerprint density at radius 3 is 1.98 bits per heavy atom. The number of hydrogen-bond donors (Lipinski definition) is 3. The van der Waals surface area contributed by atoms with E-state index in [0.29, 0.717) is 30.3 Å². The second-order valence-electron chi connectivity index (χ2n) is 19.0. The Morgan fingerprint density at radius 2 is 1.38 bits per heavy atom. The number of esters is 2. The van der Waals surface area contributed by atoms with Gasteiger partial charge in [-0.3, -0.25) is 14.2 Å². The number of rotatable bonds is 37. The van der Waals surface area contributed by atoms with E-state index >= 15 is 0 Å². The molecule has 1 fully saturated rings. The molecular weight excluding hydrogens is 838 g/mol. The van der Waals surface area contributed by atoms with E-state index in [-0.39, 0.29) is 37.7 Å². The second kappa shape index (κ2) is 32.4. The molecule has 2 rings (SSSR count). The van der Waals surface area contributed by atoms with Crippen LogP contribution in [0, 0.1) is 25.7 Å². The van der Waals surface area contributed by atoms with Gasteiger partial charge in [0.15, 0.2) is 6.10 Å². The Bertz CT molecular complexity index is 1540. The molecule has 1 heterocycles. The number of carbonyl (C=O) groups excluding carboxylic acids is 2. The second-order valence-corrected chi connectivity index (χ2v) is 20.5. The zero-order valence-electron chi connectivity index (χ0n) is 40.8. The molecule has 0 amide bonds. The molecule has 1 saturated carbocycles. The maximum Gasteiger partial charge on any atom is 0.309 e. The smallest absolute Gasteiger partial charge is 0.309 e. The van der Waals surface area contributed by atoms with Crippen molar-refractivity contribution < 1.29 is 61.8 Å². The van der Waals surface area contributed by atoms with E-state index in [2.05, 4.69) is 27.7 Å². The van der Waals surface area contributed by atoms with Crippen molar-refractivity contribution in [2.45, 2.75) is 200 Å². The quantitative estimate of drug-likeness (QED) is 0.0189. The van der Waals surface area contributed by atoms with Gasteiger partial charge < -0.3 is 47.6 Å². The van der Waals surface area contributed by atoms with Crippen LogP contribution in [-0.2, 0) is 45.5 Å². The van der Waals surface area contributed by atoms with Gasteiger partial charge in [0.1, 0.15) is 31.3 Å². The van der Waals surface area contributed by atoms with Crippen molar-refractivity contribution in [3.63, 3.8) is 0 Å². The van der Waals surface area contributed by atoms with Gasteiger partial charge in [-0.25, -0.2) is 0 Å². The van der Waals surface area contributed by atoms with Crippen LogP contribution in [-0.4, -0.2) is 104 Å². The topological polar surface area (TPSA) is 185 Å². The number of aliphatic hydroxyl groups excluding tert-OH is 3. The highest BCUT2D eigenvalue weighted by molar-refractivity contribution is 7.45. The third-order valence-electron chi connectivity index (χ3n) is 12.3. The number of phosphoric ester groups is 1. The number of allylic oxidation sites excluding steroid dienone is 1. The van der Waals surface area contributed by atoms with Crippen LogP contribution in [0.2, 0.25) is 0 Å². The van der Waals surface area contributed by atoms with Crippen molar-refractivity contribution in [2.75, 3.05) is 47.5 Å². The van der Waals surface area contributed by atoms with E-state index in [1.807, 2.05) is 21.1 Å². The summed E-state index contributed by atoms with van der Waals surface area (Å²) in [6.07, 6.45) is 24.4. The number of quaternary nitrogens is 1. The highest BCUT2D eigenvalue weighted by atomic mass is 31.2. The minimum absolute atomic E-state index is 0.0864. The molecule has 1 aromatic rings. The van der Waals surface area contributed by atoms with E-state index in [0.717, 1.165) is 64.2 Å². The summed E-state index contributed by atoms with van der Waals surface area (Å²) in [6.45, 7) is 8.07. The van der Waals surface area contributed by atoms with E-state index in [4.69, 9.17) is 22.9 Å². The van der Waals surface area contributed by atoms with Gasteiger partial charge in [0, 0.05) is 31.6 Å². The molecule has 7 atom stereocenters. The van der Waals surface area contributed by atoms with E-state index in [1.165, 1.54) is 67.6 Å². The first-order valence-electron chi connectivity index (χ1n) is 24.7. The molecule has 370 valence electrons. The molecule has 3 N–H and O–H groups in total. The van der Waals surface area contributed by atoms with Crippen molar-refractivity contribution in [3.05, 3.63) is 47.0 Å². The highest BCUT2D eigenvalue weighted by Crippen LogP contribution is 2.39. The monoisotopic (exact) mass is 926 g/mol. The lowest BCUT2D eigenvalue weighted by Gasteiger charge is -2.28. The average Bonchev–Trinajstić information content (AvgIpc) is 3.66. The average molecular weight is 926 g/mol. The molecule has 13 nitrogen and oxygen atoms in total. The Morgan fingerprint density at radius 1 is 0.797 bits per heavy atom. The summed E-state index contributed by atoms with van der Waals surface area (Å²) in [4.78, 5) is 38.0. The first kappa shape index (κ1) is 57.8. The summed E-state index contributed by atoms with van der Waals surface area (Å²) in [6, 6.07) is 0. The van der Waals surface area contributed by atoms with Crippen molar-refractivity contribution in [1.82, 2.24) is 0 Å². The SMILES string of the molecule is CCCCCc1oc(CCCCCCCCCCCCC(=O)O[C@H](COC(=O)C/C=C\C[C@H]2[C@@H](/C=C/[C@H](O)CCCCC)[C@H](O)C[C@@H]2O)COP(=O)([O-])OCC[N+](C)(C)C)c(C)c1C. The van der Waals surface area contributed by atoms with Gasteiger partial charge in [0.25, 0.3) is 7.82 Å². The molecule has 0 spiro atoms. The number of likely N-dealkylation sites (N-methyl/N-ethyl adjacent to an activating group) is 1. The third-order valence-corrected chi connectivity index (χ3v) is 13.2. The van der Waals surface area contributed by atoms with Crippen molar-refractivity contribution in [2.24, 2.45) is 11.8 Å². The van der Waals surface area contributed by atoms with Gasteiger partial charge in [0.05, 0.1) is 52.5 Å². The number of unbranched alkanes of at least 4 members (excludes halogenated alkanes) is 13. The molecular formula is C50H88NO12P. The van der Waals surface area contributed by atoms with Gasteiger partial charge in [-0.2, -0.15) is 0 Å². The van der Waals surface area contributed by atoms with Gasteiger partial charge in [-0.1, -0.05) is 122 Å². The number of aliphatic hydroxyl groups is 3. The summed E-state index contributed by atoms with van der Waals surface area (Å²) in [5.41, 5.74) is 2.66. The lowest BCUT2D eigenvalue weighted by Crippen LogP contribution is -2.37. The zero-order chi connectivity index (χ0) is 47.4. The molecule has 1 aliphatic rings. The fourth-order valence-electron chi connectivity index (χ4n) is 8.04. The van der Waals surface area contributed by atoms with Crippen molar-refractivity contribution in [1.29, 1.82) is 0 Å². The van der Waals surface area contributed by atoms with Crippen LogP contribution in [0.1, 0.15) is 171 Å². The van der Waals surface area contributed by atoms with Crippen LogP contribution in [0.5, 0.6) is 0 Å². The minimum Gasteiger partial charge on any atom is -0.756 e.